The van der Waals surface area contributed by atoms with Crippen molar-refractivity contribution >= 4 is 17.3 Å². The molecule has 0 radical (unpaired) electrons. The van der Waals surface area contributed by atoms with E-state index in [9.17, 15) is 4.79 Å². The first-order valence-corrected chi connectivity index (χ1v) is 5.22. The molecule has 0 saturated carbocycles. The molecule has 0 saturated heterocycles. The molecule has 0 fully saturated rings. The summed E-state index contributed by atoms with van der Waals surface area (Å²) in [6.45, 7) is 6.19. The van der Waals surface area contributed by atoms with Crippen LogP contribution in [0.1, 0.15) is 36.0 Å². The van der Waals surface area contributed by atoms with Gasteiger partial charge in [-0.15, -0.1) is 11.3 Å². The van der Waals surface area contributed by atoms with Gasteiger partial charge in [0.25, 0.3) is 0 Å². The van der Waals surface area contributed by atoms with Gasteiger partial charge in [-0.3, -0.25) is 0 Å². The average molecular weight is 214 g/mol. The SMILES string of the molecule is CC(C)(C)OCc1ccsc1C(=O)O. The van der Waals surface area contributed by atoms with Crippen molar-refractivity contribution in [1.29, 1.82) is 0 Å². The van der Waals surface area contributed by atoms with E-state index in [0.717, 1.165) is 5.56 Å². The maximum atomic E-state index is 10.8. The molecule has 78 valence electrons. The number of ether oxygens (including phenoxy) is 1. The molecule has 1 N–H and O–H groups in total. The molecule has 3 nitrogen and oxygen atoms in total. The Kier molecular flexibility index (Phi) is 3.29. The fourth-order valence-corrected chi connectivity index (χ4v) is 1.68. The molecule has 0 spiro atoms. The number of rotatable bonds is 3. The van der Waals surface area contributed by atoms with Gasteiger partial charge in [-0.05, 0) is 32.2 Å². The summed E-state index contributed by atoms with van der Waals surface area (Å²) in [5.74, 6) is -0.882. The second kappa shape index (κ2) is 4.11. The molecule has 0 aliphatic rings. The Morgan fingerprint density at radius 2 is 2.21 bits per heavy atom. The van der Waals surface area contributed by atoms with Crippen LogP contribution in [0.4, 0.5) is 0 Å². The molecule has 1 aromatic rings. The maximum absolute atomic E-state index is 10.8. The van der Waals surface area contributed by atoms with Crippen LogP contribution < -0.4 is 0 Å². The lowest BCUT2D eigenvalue weighted by atomic mass is 10.2. The van der Waals surface area contributed by atoms with E-state index < -0.39 is 5.97 Å². The van der Waals surface area contributed by atoms with Gasteiger partial charge >= 0.3 is 5.97 Å². The van der Waals surface area contributed by atoms with E-state index in [2.05, 4.69) is 0 Å². The van der Waals surface area contributed by atoms with E-state index in [4.69, 9.17) is 9.84 Å². The van der Waals surface area contributed by atoms with Crippen molar-refractivity contribution in [2.45, 2.75) is 33.0 Å². The smallest absolute Gasteiger partial charge is 0.346 e. The molecule has 1 aromatic heterocycles. The van der Waals surface area contributed by atoms with Crippen molar-refractivity contribution in [1.82, 2.24) is 0 Å². The number of aromatic carboxylic acids is 1. The summed E-state index contributed by atoms with van der Waals surface area (Å²) in [7, 11) is 0. The fourth-order valence-electron chi connectivity index (χ4n) is 0.931. The molecule has 0 bridgehead atoms. The minimum absolute atomic E-state index is 0.238. The highest BCUT2D eigenvalue weighted by molar-refractivity contribution is 7.12. The van der Waals surface area contributed by atoms with E-state index in [1.165, 1.54) is 11.3 Å². The van der Waals surface area contributed by atoms with E-state index in [1.54, 1.807) is 11.4 Å². The minimum atomic E-state index is -0.882. The Bertz CT molecular complexity index is 322. The third-order valence-corrected chi connectivity index (χ3v) is 2.55. The second-order valence-electron chi connectivity index (χ2n) is 3.98. The zero-order valence-electron chi connectivity index (χ0n) is 8.53. The van der Waals surface area contributed by atoms with E-state index in [0.29, 0.717) is 11.5 Å². The largest absolute Gasteiger partial charge is 0.477 e. The molecular weight excluding hydrogens is 200 g/mol. The Labute approximate surface area is 87.3 Å². The van der Waals surface area contributed by atoms with Crippen LogP contribution >= 0.6 is 11.3 Å². The van der Waals surface area contributed by atoms with Crippen LogP contribution in [0, 0.1) is 0 Å². The normalized spacial score (nSPS) is 11.6. The molecule has 0 unspecified atom stereocenters. The molecular formula is C10H14O3S. The molecule has 0 atom stereocenters. The van der Waals surface area contributed by atoms with Gasteiger partial charge in [0.05, 0.1) is 12.2 Å². The predicted molar refractivity (Wildman–Crippen MR) is 55.8 cm³/mol. The van der Waals surface area contributed by atoms with Crippen molar-refractivity contribution in [2.24, 2.45) is 0 Å². The summed E-state index contributed by atoms with van der Waals surface area (Å²) < 4.78 is 5.51. The third-order valence-electron chi connectivity index (χ3n) is 1.60. The zero-order valence-corrected chi connectivity index (χ0v) is 9.35. The molecule has 0 amide bonds. The summed E-state index contributed by atoms with van der Waals surface area (Å²) in [4.78, 5) is 11.1. The van der Waals surface area contributed by atoms with Crippen molar-refractivity contribution < 1.29 is 14.6 Å². The van der Waals surface area contributed by atoms with Crippen LogP contribution in [-0.4, -0.2) is 16.7 Å². The quantitative estimate of drug-likeness (QED) is 0.841. The number of carboxylic acid groups (broad SMARTS) is 1. The van der Waals surface area contributed by atoms with Crippen LogP contribution in [-0.2, 0) is 11.3 Å². The molecule has 4 heteroatoms. The molecule has 1 heterocycles. The Hall–Kier alpha value is -0.870. The van der Waals surface area contributed by atoms with E-state index >= 15 is 0 Å². The first-order chi connectivity index (χ1) is 6.40. The van der Waals surface area contributed by atoms with Crippen molar-refractivity contribution in [3.63, 3.8) is 0 Å². The van der Waals surface area contributed by atoms with Crippen LogP contribution in [0.3, 0.4) is 0 Å². The monoisotopic (exact) mass is 214 g/mol. The number of thiophene rings is 1. The lowest BCUT2D eigenvalue weighted by Crippen LogP contribution is -2.19. The Morgan fingerprint density at radius 1 is 1.57 bits per heavy atom. The van der Waals surface area contributed by atoms with Crippen LogP contribution in [0.25, 0.3) is 0 Å². The Balaban J connectivity index is 2.68. The van der Waals surface area contributed by atoms with Crippen LogP contribution in [0.15, 0.2) is 11.4 Å². The van der Waals surface area contributed by atoms with E-state index in [-0.39, 0.29) is 5.60 Å². The number of carbonyl (C=O) groups is 1. The highest BCUT2D eigenvalue weighted by Crippen LogP contribution is 2.20. The lowest BCUT2D eigenvalue weighted by molar-refractivity contribution is -0.0152. The summed E-state index contributed by atoms with van der Waals surface area (Å²) in [6.07, 6.45) is 0. The number of hydrogen-bond donors (Lipinski definition) is 1. The minimum Gasteiger partial charge on any atom is -0.477 e. The summed E-state index contributed by atoms with van der Waals surface area (Å²) in [5, 5.41) is 10.6. The summed E-state index contributed by atoms with van der Waals surface area (Å²) >= 11 is 1.23. The van der Waals surface area contributed by atoms with Crippen molar-refractivity contribution in [3.05, 3.63) is 21.9 Å². The maximum Gasteiger partial charge on any atom is 0.346 e. The van der Waals surface area contributed by atoms with E-state index in [1.807, 2.05) is 20.8 Å². The predicted octanol–water partition coefficient (Wildman–Crippen LogP) is 2.76. The highest BCUT2D eigenvalue weighted by Gasteiger charge is 2.15. The second-order valence-corrected chi connectivity index (χ2v) is 4.90. The van der Waals surface area contributed by atoms with Gasteiger partial charge in [-0.25, -0.2) is 4.79 Å². The number of hydrogen-bond acceptors (Lipinski definition) is 3. The average Bonchev–Trinajstić information content (AvgIpc) is 2.46. The van der Waals surface area contributed by atoms with Gasteiger partial charge in [0, 0.05) is 5.56 Å². The van der Waals surface area contributed by atoms with Gasteiger partial charge in [0.2, 0.25) is 0 Å². The molecule has 14 heavy (non-hydrogen) atoms. The summed E-state index contributed by atoms with van der Waals surface area (Å²) in [6, 6.07) is 1.79. The molecule has 0 aromatic carbocycles. The van der Waals surface area contributed by atoms with Crippen molar-refractivity contribution in [2.75, 3.05) is 0 Å². The summed E-state index contributed by atoms with van der Waals surface area (Å²) in [5.41, 5.74) is 0.509. The highest BCUT2D eigenvalue weighted by atomic mass is 32.1. The lowest BCUT2D eigenvalue weighted by Gasteiger charge is -2.19. The molecule has 0 aliphatic heterocycles. The van der Waals surface area contributed by atoms with Gasteiger partial charge in [-0.2, -0.15) is 0 Å². The topological polar surface area (TPSA) is 46.5 Å². The first-order valence-electron chi connectivity index (χ1n) is 4.34. The molecule has 0 aliphatic carbocycles. The molecule has 1 rings (SSSR count). The number of carboxylic acids is 1. The van der Waals surface area contributed by atoms with Crippen LogP contribution in [0.2, 0.25) is 0 Å². The zero-order chi connectivity index (χ0) is 10.8. The van der Waals surface area contributed by atoms with Gasteiger partial charge < -0.3 is 9.84 Å². The Morgan fingerprint density at radius 3 is 2.71 bits per heavy atom. The van der Waals surface area contributed by atoms with Crippen molar-refractivity contribution in [3.8, 4) is 0 Å². The first kappa shape index (κ1) is 11.2. The third kappa shape index (κ3) is 3.12. The van der Waals surface area contributed by atoms with Crippen LogP contribution in [0.5, 0.6) is 0 Å². The van der Waals surface area contributed by atoms with Gasteiger partial charge in [-0.1, -0.05) is 0 Å². The fraction of sp³-hybridized carbons (Fsp3) is 0.500. The standard InChI is InChI=1S/C10H14O3S/c1-10(2,3)13-6-7-4-5-14-8(7)9(11)12/h4-5H,6H2,1-3H3,(H,11,12). The van der Waals surface area contributed by atoms with Gasteiger partial charge in [0.1, 0.15) is 4.88 Å². The van der Waals surface area contributed by atoms with Gasteiger partial charge in [0.15, 0.2) is 0 Å².